The summed E-state index contributed by atoms with van der Waals surface area (Å²) in [5.41, 5.74) is 2.38. The van der Waals surface area contributed by atoms with Crippen molar-refractivity contribution in [2.24, 2.45) is 11.8 Å². The van der Waals surface area contributed by atoms with E-state index in [4.69, 9.17) is 4.74 Å². The highest BCUT2D eigenvalue weighted by molar-refractivity contribution is 7.13. The highest BCUT2D eigenvalue weighted by atomic mass is 32.1. The molecule has 0 unspecified atom stereocenters. The maximum atomic E-state index is 11.6. The molecule has 6 heteroatoms. The number of thiophene rings is 1. The standard InChI is InChI=1S/C30H40O5S/c1-21(2)35-30(34)13-6-4-3-5-11-25-26(28(33)20-27(25)32)17-16-24(31)15-14-22-9-7-10-23(19-22)29-12-8-18-36-29/h3,5,7-10,12,16-19,21,24-28,31-33H,4,6,11,13-15,20H2,1-2H3/b5-3-,17-16+/t24-,25-,26-,27+,28-/m1/s1. The number of esters is 1. The molecule has 3 rings (SSSR count). The largest absolute Gasteiger partial charge is 0.463 e. The van der Waals surface area contributed by atoms with Gasteiger partial charge in [0.25, 0.3) is 0 Å². The Bertz CT molecular complexity index is 981. The number of hydrogen-bond donors (Lipinski definition) is 3. The quantitative estimate of drug-likeness (QED) is 0.182. The summed E-state index contributed by atoms with van der Waals surface area (Å²) in [6.45, 7) is 3.68. The van der Waals surface area contributed by atoms with E-state index in [1.807, 2.05) is 38.1 Å². The maximum Gasteiger partial charge on any atom is 0.306 e. The Kier molecular flexibility index (Phi) is 11.4. The molecule has 0 saturated heterocycles. The third-order valence-corrected chi connectivity index (χ3v) is 7.55. The molecule has 1 fully saturated rings. The minimum Gasteiger partial charge on any atom is -0.463 e. The number of hydrogen-bond acceptors (Lipinski definition) is 6. The van der Waals surface area contributed by atoms with Crippen molar-refractivity contribution in [1.29, 1.82) is 0 Å². The van der Waals surface area contributed by atoms with Crippen LogP contribution in [0.15, 0.2) is 66.1 Å². The molecule has 1 heterocycles. The second kappa shape index (κ2) is 14.5. The van der Waals surface area contributed by atoms with E-state index in [1.165, 1.54) is 16.0 Å². The number of ether oxygens (including phenoxy) is 1. The first-order valence-electron chi connectivity index (χ1n) is 13.0. The van der Waals surface area contributed by atoms with Crippen LogP contribution in [0.3, 0.4) is 0 Å². The minimum absolute atomic E-state index is 0.0885. The highest BCUT2D eigenvalue weighted by Crippen LogP contribution is 2.36. The molecule has 0 amide bonds. The zero-order valence-corrected chi connectivity index (χ0v) is 22.1. The molecule has 3 N–H and O–H groups in total. The van der Waals surface area contributed by atoms with Crippen molar-refractivity contribution >= 4 is 17.3 Å². The van der Waals surface area contributed by atoms with E-state index in [0.29, 0.717) is 25.7 Å². The lowest BCUT2D eigenvalue weighted by atomic mass is 9.89. The molecule has 0 aliphatic heterocycles. The fourth-order valence-corrected chi connectivity index (χ4v) is 5.48. The second-order valence-electron chi connectivity index (χ2n) is 9.92. The number of aryl methyl sites for hydroxylation is 1. The number of allylic oxidation sites excluding steroid dienone is 2. The van der Waals surface area contributed by atoms with E-state index in [2.05, 4.69) is 35.7 Å². The average Bonchev–Trinajstić information content (AvgIpc) is 3.46. The normalized spacial score (nSPS) is 23.2. The van der Waals surface area contributed by atoms with Crippen LogP contribution in [0.25, 0.3) is 10.4 Å². The van der Waals surface area contributed by atoms with E-state index in [1.54, 1.807) is 17.4 Å². The van der Waals surface area contributed by atoms with Crippen molar-refractivity contribution in [2.45, 2.75) is 83.2 Å². The van der Waals surface area contributed by atoms with Crippen molar-refractivity contribution in [3.05, 3.63) is 71.6 Å². The van der Waals surface area contributed by atoms with Gasteiger partial charge in [0.2, 0.25) is 0 Å². The van der Waals surface area contributed by atoms with E-state index in [0.717, 1.165) is 19.3 Å². The molecule has 0 spiro atoms. The maximum absolute atomic E-state index is 11.6. The molecule has 2 aromatic rings. The van der Waals surface area contributed by atoms with Crippen molar-refractivity contribution < 1.29 is 24.9 Å². The SMILES string of the molecule is CC(C)OC(=O)CCC/C=C\C[C@@H]1[C@@H](/C=C/[C@H](O)CCc2cccc(-c3cccs3)c2)[C@H](O)C[C@@H]1O. The molecule has 196 valence electrons. The monoisotopic (exact) mass is 512 g/mol. The predicted molar refractivity (Wildman–Crippen MR) is 146 cm³/mol. The first-order chi connectivity index (χ1) is 17.3. The van der Waals surface area contributed by atoms with E-state index < -0.39 is 18.3 Å². The first-order valence-corrected chi connectivity index (χ1v) is 13.9. The van der Waals surface area contributed by atoms with Crippen LogP contribution in [-0.4, -0.2) is 45.7 Å². The van der Waals surface area contributed by atoms with Crippen LogP contribution in [-0.2, 0) is 16.0 Å². The van der Waals surface area contributed by atoms with E-state index >= 15 is 0 Å². The second-order valence-corrected chi connectivity index (χ2v) is 10.9. The zero-order valence-electron chi connectivity index (χ0n) is 21.3. The Morgan fingerprint density at radius 2 is 2.00 bits per heavy atom. The Morgan fingerprint density at radius 1 is 1.17 bits per heavy atom. The van der Waals surface area contributed by atoms with Crippen LogP contribution >= 0.6 is 11.3 Å². The molecular formula is C30H40O5S. The number of benzene rings is 1. The van der Waals surface area contributed by atoms with E-state index in [9.17, 15) is 20.1 Å². The average molecular weight is 513 g/mol. The predicted octanol–water partition coefficient (Wildman–Crippen LogP) is 5.69. The lowest BCUT2D eigenvalue weighted by Crippen LogP contribution is -2.20. The molecule has 36 heavy (non-hydrogen) atoms. The minimum atomic E-state index is -0.616. The van der Waals surface area contributed by atoms with Gasteiger partial charge in [0.1, 0.15) is 0 Å². The number of rotatable bonds is 13. The molecular weight excluding hydrogens is 472 g/mol. The number of carbonyl (C=O) groups is 1. The van der Waals surface area contributed by atoms with Crippen LogP contribution in [0, 0.1) is 11.8 Å². The van der Waals surface area contributed by atoms with Gasteiger partial charge < -0.3 is 20.1 Å². The summed E-state index contributed by atoms with van der Waals surface area (Å²) in [5, 5.41) is 33.6. The molecule has 1 aromatic carbocycles. The number of aliphatic hydroxyl groups excluding tert-OH is 3. The number of unbranched alkanes of at least 4 members (excludes halogenated alkanes) is 1. The Balaban J connectivity index is 1.45. The van der Waals surface area contributed by atoms with Gasteiger partial charge >= 0.3 is 5.97 Å². The van der Waals surface area contributed by atoms with Gasteiger partial charge in [-0.2, -0.15) is 0 Å². The number of carbonyl (C=O) groups excluding carboxylic acids is 1. The van der Waals surface area contributed by atoms with Gasteiger partial charge in [-0.3, -0.25) is 4.79 Å². The summed E-state index contributed by atoms with van der Waals surface area (Å²) >= 11 is 1.72. The fourth-order valence-electron chi connectivity index (χ4n) is 4.75. The van der Waals surface area contributed by atoms with Gasteiger partial charge in [-0.25, -0.2) is 0 Å². The molecule has 5 atom stereocenters. The summed E-state index contributed by atoms with van der Waals surface area (Å²) < 4.78 is 5.14. The summed E-state index contributed by atoms with van der Waals surface area (Å²) in [4.78, 5) is 12.8. The van der Waals surface area contributed by atoms with Crippen LogP contribution in [0.1, 0.15) is 57.9 Å². The summed E-state index contributed by atoms with van der Waals surface area (Å²) in [6, 6.07) is 12.6. The van der Waals surface area contributed by atoms with Gasteiger partial charge in [-0.1, -0.05) is 54.6 Å². The lowest BCUT2D eigenvalue weighted by Gasteiger charge is -2.19. The van der Waals surface area contributed by atoms with Crippen LogP contribution in [0.4, 0.5) is 0 Å². The summed E-state index contributed by atoms with van der Waals surface area (Å²) in [5.74, 6) is -0.456. The van der Waals surface area contributed by atoms with Crippen LogP contribution in [0.2, 0.25) is 0 Å². The van der Waals surface area contributed by atoms with Crippen LogP contribution < -0.4 is 0 Å². The third-order valence-electron chi connectivity index (χ3n) is 6.63. The highest BCUT2D eigenvalue weighted by Gasteiger charge is 2.39. The topological polar surface area (TPSA) is 87.0 Å². The van der Waals surface area contributed by atoms with Gasteiger partial charge in [-0.15, -0.1) is 11.3 Å². The molecule has 1 aliphatic rings. The summed E-state index contributed by atoms with van der Waals surface area (Å²) in [6.07, 6.45) is 10.1. The molecule has 0 radical (unpaired) electrons. The number of aliphatic hydroxyl groups is 3. The Labute approximate surface area is 219 Å². The van der Waals surface area contributed by atoms with Gasteiger partial charge in [0.15, 0.2) is 0 Å². The van der Waals surface area contributed by atoms with Crippen molar-refractivity contribution in [2.75, 3.05) is 0 Å². The van der Waals surface area contributed by atoms with E-state index in [-0.39, 0.29) is 23.9 Å². The van der Waals surface area contributed by atoms with Crippen molar-refractivity contribution in [1.82, 2.24) is 0 Å². The van der Waals surface area contributed by atoms with Gasteiger partial charge in [0.05, 0.1) is 24.4 Å². The fraction of sp³-hybridized carbons (Fsp3) is 0.500. The molecule has 1 saturated carbocycles. The summed E-state index contributed by atoms with van der Waals surface area (Å²) in [7, 11) is 0. The lowest BCUT2D eigenvalue weighted by molar-refractivity contribution is -0.147. The Hall–Kier alpha value is -2.25. The third kappa shape index (κ3) is 9.00. The zero-order chi connectivity index (χ0) is 25.9. The Morgan fingerprint density at radius 3 is 2.75 bits per heavy atom. The van der Waals surface area contributed by atoms with Gasteiger partial charge in [0, 0.05) is 23.6 Å². The molecule has 0 bridgehead atoms. The molecule has 1 aliphatic carbocycles. The molecule has 5 nitrogen and oxygen atoms in total. The van der Waals surface area contributed by atoms with Crippen molar-refractivity contribution in [3.8, 4) is 10.4 Å². The molecule has 1 aromatic heterocycles. The van der Waals surface area contributed by atoms with Crippen molar-refractivity contribution in [3.63, 3.8) is 0 Å². The smallest absolute Gasteiger partial charge is 0.306 e. The first kappa shape index (κ1) is 28.3. The van der Waals surface area contributed by atoms with Gasteiger partial charge in [-0.05, 0) is 74.4 Å². The van der Waals surface area contributed by atoms with Crippen LogP contribution in [0.5, 0.6) is 0 Å².